The first-order chi connectivity index (χ1) is 5.65. The van der Waals surface area contributed by atoms with Crippen LogP contribution in [0.3, 0.4) is 0 Å². The standard InChI is InChI=1S/C12H22/c1-5-6-12-8-10(3)9(2)7-11(12)4/h8-11H,5-7H2,1-4H3/t9-,10+,11+/m0/s1. The Kier molecular flexibility index (Phi) is 3.37. The first kappa shape index (κ1) is 9.83. The van der Waals surface area contributed by atoms with E-state index in [4.69, 9.17) is 0 Å². The van der Waals surface area contributed by atoms with E-state index in [1.165, 1.54) is 19.3 Å². The first-order valence-electron chi connectivity index (χ1n) is 5.35. The van der Waals surface area contributed by atoms with Crippen molar-refractivity contribution in [2.24, 2.45) is 17.8 Å². The molecule has 0 aromatic heterocycles. The highest BCUT2D eigenvalue weighted by atomic mass is 14.3. The molecule has 0 unspecified atom stereocenters. The van der Waals surface area contributed by atoms with Gasteiger partial charge in [0.25, 0.3) is 0 Å². The van der Waals surface area contributed by atoms with Gasteiger partial charge in [-0.3, -0.25) is 0 Å². The van der Waals surface area contributed by atoms with Gasteiger partial charge in [-0.25, -0.2) is 0 Å². The van der Waals surface area contributed by atoms with Crippen LogP contribution in [0.25, 0.3) is 0 Å². The molecule has 1 aliphatic carbocycles. The van der Waals surface area contributed by atoms with E-state index < -0.39 is 0 Å². The fourth-order valence-electron chi connectivity index (χ4n) is 2.21. The fourth-order valence-corrected chi connectivity index (χ4v) is 2.21. The molecule has 0 saturated carbocycles. The lowest BCUT2D eigenvalue weighted by Crippen LogP contribution is -2.18. The second kappa shape index (κ2) is 4.11. The van der Waals surface area contributed by atoms with E-state index in [2.05, 4.69) is 33.8 Å². The SMILES string of the molecule is CCCC1=C[C@@H](C)[C@@H](C)C[C@H]1C. The third-order valence-corrected chi connectivity index (χ3v) is 3.27. The van der Waals surface area contributed by atoms with Gasteiger partial charge in [-0.05, 0) is 30.6 Å². The second-order valence-electron chi connectivity index (χ2n) is 4.46. The topological polar surface area (TPSA) is 0 Å². The van der Waals surface area contributed by atoms with E-state index in [-0.39, 0.29) is 0 Å². The number of rotatable bonds is 2. The summed E-state index contributed by atoms with van der Waals surface area (Å²) in [6.45, 7) is 9.38. The maximum absolute atomic E-state index is 2.52. The molecule has 0 saturated heterocycles. The third-order valence-electron chi connectivity index (χ3n) is 3.27. The molecule has 70 valence electrons. The Morgan fingerprint density at radius 1 is 1.33 bits per heavy atom. The van der Waals surface area contributed by atoms with Crippen LogP contribution in [0.5, 0.6) is 0 Å². The third kappa shape index (κ3) is 2.12. The van der Waals surface area contributed by atoms with Crippen LogP contribution in [0.2, 0.25) is 0 Å². The lowest BCUT2D eigenvalue weighted by Gasteiger charge is -2.29. The van der Waals surface area contributed by atoms with Gasteiger partial charge in [-0.2, -0.15) is 0 Å². The number of hydrogen-bond acceptors (Lipinski definition) is 0. The molecule has 0 aliphatic heterocycles. The van der Waals surface area contributed by atoms with Crippen LogP contribution >= 0.6 is 0 Å². The molecular formula is C12H22. The van der Waals surface area contributed by atoms with Gasteiger partial charge in [0.15, 0.2) is 0 Å². The zero-order valence-electron chi connectivity index (χ0n) is 8.93. The van der Waals surface area contributed by atoms with E-state index in [0.717, 1.165) is 17.8 Å². The van der Waals surface area contributed by atoms with E-state index in [1.807, 2.05) is 0 Å². The molecule has 0 N–H and O–H groups in total. The van der Waals surface area contributed by atoms with Gasteiger partial charge in [0.2, 0.25) is 0 Å². The second-order valence-corrected chi connectivity index (χ2v) is 4.46. The van der Waals surface area contributed by atoms with Gasteiger partial charge in [-0.15, -0.1) is 0 Å². The molecule has 0 aromatic rings. The van der Waals surface area contributed by atoms with Gasteiger partial charge < -0.3 is 0 Å². The average Bonchev–Trinajstić information content (AvgIpc) is 2.01. The van der Waals surface area contributed by atoms with Gasteiger partial charge in [0.05, 0.1) is 0 Å². The van der Waals surface area contributed by atoms with Gasteiger partial charge in [0, 0.05) is 0 Å². The predicted molar refractivity (Wildman–Crippen MR) is 55.1 cm³/mol. The molecule has 0 nitrogen and oxygen atoms in total. The van der Waals surface area contributed by atoms with Crippen molar-refractivity contribution in [2.75, 3.05) is 0 Å². The zero-order valence-corrected chi connectivity index (χ0v) is 8.93. The van der Waals surface area contributed by atoms with Crippen LogP contribution in [0.4, 0.5) is 0 Å². The molecule has 12 heavy (non-hydrogen) atoms. The molecule has 3 atom stereocenters. The monoisotopic (exact) mass is 166 g/mol. The highest BCUT2D eigenvalue weighted by Crippen LogP contribution is 2.34. The van der Waals surface area contributed by atoms with Crippen molar-refractivity contribution in [1.29, 1.82) is 0 Å². The molecular weight excluding hydrogens is 144 g/mol. The minimum atomic E-state index is 0.808. The minimum Gasteiger partial charge on any atom is -0.0820 e. The Bertz CT molecular complexity index is 167. The summed E-state index contributed by atoms with van der Waals surface area (Å²) in [6, 6.07) is 0. The molecule has 0 amide bonds. The van der Waals surface area contributed by atoms with Gasteiger partial charge >= 0.3 is 0 Å². The molecule has 0 heterocycles. The van der Waals surface area contributed by atoms with Crippen molar-refractivity contribution in [3.05, 3.63) is 11.6 Å². The van der Waals surface area contributed by atoms with Gasteiger partial charge in [0.1, 0.15) is 0 Å². The van der Waals surface area contributed by atoms with Crippen LogP contribution in [0.1, 0.15) is 47.0 Å². The Labute approximate surface area is 77.1 Å². The van der Waals surface area contributed by atoms with E-state index in [1.54, 1.807) is 5.57 Å². The van der Waals surface area contributed by atoms with Crippen molar-refractivity contribution in [3.8, 4) is 0 Å². The van der Waals surface area contributed by atoms with E-state index in [0.29, 0.717) is 0 Å². The fraction of sp³-hybridized carbons (Fsp3) is 0.833. The Morgan fingerprint density at radius 2 is 2.00 bits per heavy atom. The summed E-state index contributed by atoms with van der Waals surface area (Å²) < 4.78 is 0. The van der Waals surface area contributed by atoms with Crippen molar-refractivity contribution in [1.82, 2.24) is 0 Å². The molecule has 0 radical (unpaired) electrons. The van der Waals surface area contributed by atoms with Crippen LogP contribution in [0.15, 0.2) is 11.6 Å². The quantitative estimate of drug-likeness (QED) is 0.543. The number of allylic oxidation sites excluding steroid dienone is 2. The van der Waals surface area contributed by atoms with Crippen LogP contribution in [0, 0.1) is 17.8 Å². The zero-order chi connectivity index (χ0) is 9.14. The molecule has 0 aromatic carbocycles. The Morgan fingerprint density at radius 3 is 2.58 bits per heavy atom. The van der Waals surface area contributed by atoms with Crippen LogP contribution in [-0.4, -0.2) is 0 Å². The summed E-state index contributed by atoms with van der Waals surface area (Å²) in [5.74, 6) is 2.54. The normalized spacial score (nSPS) is 36.3. The summed E-state index contributed by atoms with van der Waals surface area (Å²) in [5.41, 5.74) is 1.71. The lowest BCUT2D eigenvalue weighted by atomic mass is 9.76. The number of hydrogen-bond donors (Lipinski definition) is 0. The van der Waals surface area contributed by atoms with Gasteiger partial charge in [-0.1, -0.05) is 45.8 Å². The predicted octanol–water partition coefficient (Wildman–Crippen LogP) is 4.02. The lowest BCUT2D eigenvalue weighted by molar-refractivity contribution is 0.344. The molecule has 0 heteroatoms. The highest BCUT2D eigenvalue weighted by molar-refractivity contribution is 5.11. The summed E-state index contributed by atoms with van der Waals surface area (Å²) in [4.78, 5) is 0. The molecule has 1 rings (SSSR count). The smallest absolute Gasteiger partial charge is 0.0229 e. The van der Waals surface area contributed by atoms with E-state index in [9.17, 15) is 0 Å². The first-order valence-corrected chi connectivity index (χ1v) is 5.35. The van der Waals surface area contributed by atoms with Crippen LogP contribution in [-0.2, 0) is 0 Å². The van der Waals surface area contributed by atoms with Crippen molar-refractivity contribution >= 4 is 0 Å². The summed E-state index contributed by atoms with van der Waals surface area (Å²) in [7, 11) is 0. The largest absolute Gasteiger partial charge is 0.0820 e. The average molecular weight is 166 g/mol. The highest BCUT2D eigenvalue weighted by Gasteiger charge is 2.21. The van der Waals surface area contributed by atoms with Crippen molar-refractivity contribution < 1.29 is 0 Å². The minimum absolute atomic E-state index is 0.808. The molecule has 0 bridgehead atoms. The maximum atomic E-state index is 2.52. The van der Waals surface area contributed by atoms with E-state index >= 15 is 0 Å². The molecule has 1 aliphatic rings. The van der Waals surface area contributed by atoms with Crippen molar-refractivity contribution in [3.63, 3.8) is 0 Å². The molecule has 0 spiro atoms. The Hall–Kier alpha value is -0.260. The summed E-state index contributed by atoms with van der Waals surface area (Å²) in [5, 5.41) is 0. The molecule has 0 fully saturated rings. The summed E-state index contributed by atoms with van der Waals surface area (Å²) in [6.07, 6.45) is 6.53. The van der Waals surface area contributed by atoms with Crippen molar-refractivity contribution in [2.45, 2.75) is 47.0 Å². The summed E-state index contributed by atoms with van der Waals surface area (Å²) >= 11 is 0. The maximum Gasteiger partial charge on any atom is -0.0229 e. The Balaban J connectivity index is 2.64. The van der Waals surface area contributed by atoms with Crippen LogP contribution < -0.4 is 0 Å².